The van der Waals surface area contributed by atoms with Gasteiger partial charge in [-0.15, -0.1) is 6.42 Å². The van der Waals surface area contributed by atoms with Crippen LogP contribution in [0.3, 0.4) is 0 Å². The van der Waals surface area contributed by atoms with Crippen molar-refractivity contribution in [1.82, 2.24) is 5.32 Å². The number of guanidine groups is 1. The van der Waals surface area contributed by atoms with Gasteiger partial charge in [0.2, 0.25) is 0 Å². The Morgan fingerprint density at radius 1 is 1.83 bits per heavy atom. The molecule has 0 unspecified atom stereocenters. The fraction of sp³-hybridized carbons (Fsp3) is 0.500. The first-order valence-electron chi connectivity index (χ1n) is 3.12. The molecule has 66 valence electrons. The number of terminal acetylenes is 1. The summed E-state index contributed by atoms with van der Waals surface area (Å²) >= 11 is 0. The molecule has 0 saturated heterocycles. The van der Waals surface area contributed by atoms with Gasteiger partial charge in [0.1, 0.15) is 5.10 Å². The molecule has 0 rings (SSSR count). The van der Waals surface area contributed by atoms with Crippen LogP contribution in [0.25, 0.3) is 0 Å². The molecule has 0 bridgehead atoms. The van der Waals surface area contributed by atoms with Crippen LogP contribution in [0.4, 0.5) is 0 Å². The minimum atomic E-state index is -0.894. The molecule has 0 heterocycles. The number of hydrazone groups is 1. The first kappa shape index (κ1) is 10.2. The molecule has 0 aromatic carbocycles. The summed E-state index contributed by atoms with van der Waals surface area (Å²) in [7, 11) is 0. The summed E-state index contributed by atoms with van der Waals surface area (Å²) < 4.78 is 0. The summed E-state index contributed by atoms with van der Waals surface area (Å²) in [5.41, 5.74) is 4.41. The van der Waals surface area contributed by atoms with Crippen LogP contribution in [0.5, 0.6) is 0 Å². The molecule has 6 heteroatoms. The van der Waals surface area contributed by atoms with Gasteiger partial charge in [0.25, 0.3) is 5.96 Å². The normalized spacial score (nSPS) is 11.9. The molecular formula is C6H10N4O2. The van der Waals surface area contributed by atoms with Crippen molar-refractivity contribution in [1.29, 1.82) is 0 Å². The van der Waals surface area contributed by atoms with Gasteiger partial charge in [-0.2, -0.15) is 0 Å². The van der Waals surface area contributed by atoms with E-state index in [1.165, 1.54) is 0 Å². The van der Waals surface area contributed by atoms with E-state index in [2.05, 4.69) is 16.3 Å². The number of nitrogens with two attached hydrogens (primary N) is 1. The molecule has 0 aliphatic carbocycles. The number of rotatable bonds is 2. The molecule has 0 amide bonds. The largest absolute Gasteiger partial charge is 0.365 e. The molecule has 0 aromatic heterocycles. The van der Waals surface area contributed by atoms with E-state index < -0.39 is 10.6 Å². The summed E-state index contributed by atoms with van der Waals surface area (Å²) in [5.74, 6) is 2.05. The summed E-state index contributed by atoms with van der Waals surface area (Å²) in [6.45, 7) is 3.30. The third-order valence-electron chi connectivity index (χ3n) is 0.991. The van der Waals surface area contributed by atoms with E-state index in [1.807, 2.05) is 0 Å². The maximum absolute atomic E-state index is 9.83. The van der Waals surface area contributed by atoms with Gasteiger partial charge < -0.3 is 11.1 Å². The smallest absolute Gasteiger partial charge is 0.267 e. The van der Waals surface area contributed by atoms with Gasteiger partial charge in [0.15, 0.2) is 5.03 Å². The zero-order chi connectivity index (χ0) is 9.78. The van der Waals surface area contributed by atoms with Crippen molar-refractivity contribution in [3.63, 3.8) is 0 Å². The average Bonchev–Trinajstić information content (AvgIpc) is 1.84. The van der Waals surface area contributed by atoms with Crippen molar-refractivity contribution < 1.29 is 5.03 Å². The van der Waals surface area contributed by atoms with E-state index in [4.69, 9.17) is 12.2 Å². The Morgan fingerprint density at radius 2 is 2.33 bits per heavy atom. The molecule has 3 N–H and O–H groups in total. The van der Waals surface area contributed by atoms with Crippen LogP contribution >= 0.6 is 0 Å². The van der Waals surface area contributed by atoms with E-state index in [-0.39, 0.29) is 5.96 Å². The molecule has 0 fully saturated rings. The van der Waals surface area contributed by atoms with Crippen LogP contribution in [0.1, 0.15) is 13.8 Å². The lowest BCUT2D eigenvalue weighted by Gasteiger charge is -2.18. The molecule has 6 nitrogen and oxygen atoms in total. The average molecular weight is 170 g/mol. The Morgan fingerprint density at radius 3 is 2.67 bits per heavy atom. The lowest BCUT2D eigenvalue weighted by molar-refractivity contribution is -0.485. The highest BCUT2D eigenvalue weighted by Crippen LogP contribution is 1.96. The highest BCUT2D eigenvalue weighted by Gasteiger charge is 2.15. The van der Waals surface area contributed by atoms with Gasteiger partial charge in [-0.05, 0) is 13.8 Å². The fourth-order valence-electron chi connectivity index (χ4n) is 0.469. The first-order valence-corrected chi connectivity index (χ1v) is 3.12. The van der Waals surface area contributed by atoms with Gasteiger partial charge in [0.05, 0.1) is 5.54 Å². The SMILES string of the molecule is C#CC(C)(C)N/C(N)=N\[N+](=O)[O-]. The van der Waals surface area contributed by atoms with Crippen LogP contribution < -0.4 is 11.1 Å². The number of nitro groups is 1. The second-order valence-corrected chi connectivity index (χ2v) is 2.62. The Labute approximate surface area is 70.0 Å². The predicted molar refractivity (Wildman–Crippen MR) is 44.7 cm³/mol. The van der Waals surface area contributed by atoms with Crippen LogP contribution in [0, 0.1) is 22.5 Å². The molecule has 0 atom stereocenters. The lowest BCUT2D eigenvalue weighted by atomic mass is 10.1. The van der Waals surface area contributed by atoms with Gasteiger partial charge in [0, 0.05) is 0 Å². The van der Waals surface area contributed by atoms with Gasteiger partial charge in [-0.3, -0.25) is 0 Å². The van der Waals surface area contributed by atoms with Crippen molar-refractivity contribution in [2.24, 2.45) is 10.8 Å². The lowest BCUT2D eigenvalue weighted by Crippen LogP contribution is -2.46. The number of hydrogen-bond acceptors (Lipinski definition) is 2. The van der Waals surface area contributed by atoms with E-state index >= 15 is 0 Å². The van der Waals surface area contributed by atoms with Crippen LogP contribution in [-0.2, 0) is 0 Å². The summed E-state index contributed by atoms with van der Waals surface area (Å²) in [5, 5.41) is 14.2. The second kappa shape index (κ2) is 3.57. The molecule has 0 spiro atoms. The number of nitrogens with one attached hydrogen (secondary N) is 1. The van der Waals surface area contributed by atoms with Crippen LogP contribution in [0.2, 0.25) is 0 Å². The Hall–Kier alpha value is -1.77. The van der Waals surface area contributed by atoms with E-state index in [1.54, 1.807) is 13.8 Å². The standard InChI is InChI=1S/C6H10N4O2/c1-4-6(2,3)8-5(7)9-10(11)12/h1H,2-3H3,(H3,7,8,9). The van der Waals surface area contributed by atoms with E-state index in [0.717, 1.165) is 0 Å². The number of nitrogens with zero attached hydrogens (tertiary/aromatic N) is 2. The fourth-order valence-corrected chi connectivity index (χ4v) is 0.469. The Bertz CT molecular complexity index is 251. The van der Waals surface area contributed by atoms with Gasteiger partial charge in [-0.1, -0.05) is 5.92 Å². The highest BCUT2D eigenvalue weighted by atomic mass is 16.7. The topological polar surface area (TPSA) is 93.5 Å². The van der Waals surface area contributed by atoms with Crippen molar-refractivity contribution in [3.8, 4) is 12.3 Å². The third-order valence-corrected chi connectivity index (χ3v) is 0.991. The van der Waals surface area contributed by atoms with E-state index in [9.17, 15) is 10.1 Å². The van der Waals surface area contributed by atoms with Crippen molar-refractivity contribution >= 4 is 5.96 Å². The molecule has 0 aromatic rings. The summed E-state index contributed by atoms with van der Waals surface area (Å²) in [6, 6.07) is 0. The molecule has 0 aliphatic rings. The zero-order valence-corrected chi connectivity index (χ0v) is 6.87. The Balaban J connectivity index is 4.30. The molecular weight excluding hydrogens is 160 g/mol. The maximum Gasteiger partial charge on any atom is 0.267 e. The van der Waals surface area contributed by atoms with E-state index in [0.29, 0.717) is 0 Å². The molecule has 0 radical (unpaired) electrons. The first-order chi connectivity index (χ1) is 5.37. The van der Waals surface area contributed by atoms with Crippen LogP contribution in [0.15, 0.2) is 5.10 Å². The monoisotopic (exact) mass is 170 g/mol. The van der Waals surface area contributed by atoms with Gasteiger partial charge in [-0.25, -0.2) is 10.1 Å². The Kier molecular flexibility index (Phi) is 3.04. The highest BCUT2D eigenvalue weighted by molar-refractivity contribution is 5.78. The van der Waals surface area contributed by atoms with Gasteiger partial charge >= 0.3 is 0 Å². The maximum atomic E-state index is 9.83. The molecule has 0 saturated carbocycles. The van der Waals surface area contributed by atoms with Crippen molar-refractivity contribution in [2.75, 3.05) is 0 Å². The zero-order valence-electron chi connectivity index (χ0n) is 6.87. The molecule has 0 aliphatic heterocycles. The summed E-state index contributed by atoms with van der Waals surface area (Å²) in [4.78, 5) is 9.83. The van der Waals surface area contributed by atoms with Crippen molar-refractivity contribution in [3.05, 3.63) is 10.1 Å². The molecule has 12 heavy (non-hydrogen) atoms. The quantitative estimate of drug-likeness (QED) is 0.192. The second-order valence-electron chi connectivity index (χ2n) is 2.62. The predicted octanol–water partition coefficient (Wildman–Crippen LogP) is -0.506. The number of hydrogen-bond donors (Lipinski definition) is 2. The summed E-state index contributed by atoms with van der Waals surface area (Å²) in [6.07, 6.45) is 5.09. The minimum Gasteiger partial charge on any atom is -0.365 e. The van der Waals surface area contributed by atoms with Crippen LogP contribution in [-0.4, -0.2) is 16.5 Å². The minimum absolute atomic E-state index is 0.303. The van der Waals surface area contributed by atoms with Crippen molar-refractivity contribution in [2.45, 2.75) is 19.4 Å². The third kappa shape index (κ3) is 4.11.